The summed E-state index contributed by atoms with van der Waals surface area (Å²) >= 11 is 5.81. The molecule has 1 amide bonds. The normalized spacial score (nSPS) is 10.9. The maximum Gasteiger partial charge on any atom is 0.239 e. The molecule has 2 rings (SSSR count). The van der Waals surface area contributed by atoms with Gasteiger partial charge in [-0.3, -0.25) is 4.79 Å². The highest BCUT2D eigenvalue weighted by Crippen LogP contribution is 2.18. The van der Waals surface area contributed by atoms with Gasteiger partial charge in [0.15, 0.2) is 0 Å². The number of nitrogens with zero attached hydrogens (tertiary/aromatic N) is 2. The van der Waals surface area contributed by atoms with Gasteiger partial charge in [0.2, 0.25) is 5.91 Å². The highest BCUT2D eigenvalue weighted by atomic mass is 35.5. The zero-order valence-electron chi connectivity index (χ0n) is 11.2. The Morgan fingerprint density at radius 2 is 2.26 bits per heavy atom. The third-order valence-electron chi connectivity index (χ3n) is 2.98. The Labute approximate surface area is 117 Å². The molecule has 0 fully saturated rings. The van der Waals surface area contributed by atoms with Gasteiger partial charge in [0.1, 0.15) is 12.4 Å². The van der Waals surface area contributed by atoms with Crippen LogP contribution in [0.5, 0.6) is 0 Å². The van der Waals surface area contributed by atoms with E-state index in [4.69, 9.17) is 11.6 Å². The predicted molar refractivity (Wildman–Crippen MR) is 77.6 cm³/mol. The average molecular weight is 280 g/mol. The molecule has 2 aromatic rings. The number of carbonyl (C=O) groups is 1. The number of benzene rings is 1. The highest BCUT2D eigenvalue weighted by Gasteiger charge is 2.13. The number of rotatable bonds is 5. The van der Waals surface area contributed by atoms with Crippen molar-refractivity contribution in [2.75, 3.05) is 12.4 Å². The van der Waals surface area contributed by atoms with Gasteiger partial charge in [-0.25, -0.2) is 4.98 Å². The molecule has 1 aromatic carbocycles. The van der Waals surface area contributed by atoms with Crippen LogP contribution in [0.1, 0.15) is 18.3 Å². The molecule has 19 heavy (non-hydrogen) atoms. The lowest BCUT2D eigenvalue weighted by Crippen LogP contribution is -2.27. The van der Waals surface area contributed by atoms with Crippen molar-refractivity contribution in [2.45, 2.75) is 26.8 Å². The van der Waals surface area contributed by atoms with Gasteiger partial charge in [-0.15, -0.1) is 11.6 Å². The molecule has 1 heterocycles. The Kier molecular flexibility index (Phi) is 4.43. The van der Waals surface area contributed by atoms with Gasteiger partial charge in [-0.05, 0) is 31.5 Å². The molecule has 0 saturated carbocycles. The summed E-state index contributed by atoms with van der Waals surface area (Å²) in [6.07, 6.45) is 0.661. The number of alkyl halides is 1. The second-order valence-corrected chi connectivity index (χ2v) is 4.88. The smallest absolute Gasteiger partial charge is 0.239 e. The molecule has 1 N–H and O–H groups in total. The zero-order valence-corrected chi connectivity index (χ0v) is 12.0. The van der Waals surface area contributed by atoms with Crippen LogP contribution in [0.2, 0.25) is 0 Å². The fourth-order valence-corrected chi connectivity index (χ4v) is 2.30. The molecule has 0 aliphatic rings. The number of aromatic nitrogens is 2. The van der Waals surface area contributed by atoms with E-state index < -0.39 is 0 Å². The molecule has 0 aliphatic carbocycles. The molecule has 0 unspecified atom stereocenters. The minimum Gasteiger partial charge on any atom is -0.355 e. The first-order chi connectivity index (χ1) is 9.15. The summed E-state index contributed by atoms with van der Waals surface area (Å²) in [5, 5.41) is 2.81. The molecule has 0 radical (unpaired) electrons. The minimum absolute atomic E-state index is 0.000807. The summed E-state index contributed by atoms with van der Waals surface area (Å²) in [4.78, 5) is 16.4. The van der Waals surface area contributed by atoms with E-state index in [-0.39, 0.29) is 5.91 Å². The van der Waals surface area contributed by atoms with E-state index in [0.717, 1.165) is 22.4 Å². The van der Waals surface area contributed by atoms with Crippen LogP contribution >= 0.6 is 11.6 Å². The fourth-order valence-electron chi connectivity index (χ4n) is 2.13. The first kappa shape index (κ1) is 13.9. The van der Waals surface area contributed by atoms with Crippen LogP contribution in [0.4, 0.5) is 0 Å². The minimum atomic E-state index is -0.000807. The van der Waals surface area contributed by atoms with Crippen molar-refractivity contribution >= 4 is 28.5 Å². The van der Waals surface area contributed by atoms with Crippen LogP contribution in [0.25, 0.3) is 11.0 Å². The molecule has 0 bridgehead atoms. The van der Waals surface area contributed by atoms with Crippen molar-refractivity contribution < 1.29 is 4.79 Å². The molecule has 1 aromatic heterocycles. The third-order valence-corrected chi connectivity index (χ3v) is 3.17. The number of amides is 1. The summed E-state index contributed by atoms with van der Waals surface area (Å²) in [7, 11) is 0. The van der Waals surface area contributed by atoms with Crippen LogP contribution in [-0.2, 0) is 17.8 Å². The molecule has 0 aliphatic heterocycles. The van der Waals surface area contributed by atoms with Gasteiger partial charge >= 0.3 is 0 Å². The van der Waals surface area contributed by atoms with Crippen LogP contribution in [0.15, 0.2) is 18.2 Å². The number of likely N-dealkylation sites (N-methyl/N-ethyl adjacent to an activating group) is 1. The van der Waals surface area contributed by atoms with E-state index in [1.54, 1.807) is 0 Å². The van der Waals surface area contributed by atoms with Crippen molar-refractivity contribution in [3.05, 3.63) is 29.6 Å². The lowest BCUT2D eigenvalue weighted by Gasteiger charge is -2.08. The topological polar surface area (TPSA) is 46.9 Å². The molecular weight excluding hydrogens is 262 g/mol. The number of halogens is 1. The van der Waals surface area contributed by atoms with E-state index in [1.165, 1.54) is 0 Å². The summed E-state index contributed by atoms with van der Waals surface area (Å²) in [6.45, 7) is 4.87. The fraction of sp³-hybridized carbons (Fsp3) is 0.429. The van der Waals surface area contributed by atoms with Gasteiger partial charge in [0.05, 0.1) is 11.0 Å². The highest BCUT2D eigenvalue weighted by molar-refractivity contribution is 6.17. The van der Waals surface area contributed by atoms with Crippen molar-refractivity contribution in [3.8, 4) is 0 Å². The molecule has 0 spiro atoms. The van der Waals surface area contributed by atoms with Crippen molar-refractivity contribution in [3.63, 3.8) is 0 Å². The van der Waals surface area contributed by atoms with Crippen molar-refractivity contribution in [1.29, 1.82) is 0 Å². The van der Waals surface area contributed by atoms with Crippen LogP contribution in [0, 0.1) is 6.92 Å². The predicted octanol–water partition coefficient (Wildman–Crippen LogP) is 2.26. The molecule has 0 atom stereocenters. The average Bonchev–Trinajstić information content (AvgIpc) is 2.68. The van der Waals surface area contributed by atoms with Gasteiger partial charge < -0.3 is 9.88 Å². The molecule has 5 heteroatoms. The van der Waals surface area contributed by atoms with E-state index in [0.29, 0.717) is 25.4 Å². The summed E-state index contributed by atoms with van der Waals surface area (Å²) in [6, 6.07) is 6.06. The van der Waals surface area contributed by atoms with Crippen molar-refractivity contribution in [2.24, 2.45) is 0 Å². The maximum absolute atomic E-state index is 11.8. The van der Waals surface area contributed by atoms with Crippen LogP contribution in [0.3, 0.4) is 0 Å². The third kappa shape index (κ3) is 3.07. The first-order valence-electron chi connectivity index (χ1n) is 6.44. The van der Waals surface area contributed by atoms with Gasteiger partial charge in [-0.2, -0.15) is 0 Å². The van der Waals surface area contributed by atoms with Crippen molar-refractivity contribution in [1.82, 2.24) is 14.9 Å². The second-order valence-electron chi connectivity index (χ2n) is 4.50. The molecule has 0 saturated heterocycles. The van der Waals surface area contributed by atoms with Gasteiger partial charge in [0.25, 0.3) is 0 Å². The summed E-state index contributed by atoms with van der Waals surface area (Å²) < 4.78 is 1.95. The van der Waals surface area contributed by atoms with E-state index in [9.17, 15) is 4.79 Å². The van der Waals surface area contributed by atoms with E-state index in [1.807, 2.05) is 30.5 Å². The molecule has 4 nitrogen and oxygen atoms in total. The molecular formula is C14H18ClN3O. The number of aryl methyl sites for hydroxylation is 2. The number of hydrogen-bond donors (Lipinski definition) is 1. The Balaban J connectivity index is 2.44. The Morgan fingerprint density at radius 1 is 1.47 bits per heavy atom. The number of nitrogens with one attached hydrogen (secondary N) is 1. The maximum atomic E-state index is 11.8. The van der Waals surface area contributed by atoms with Crippen LogP contribution in [-0.4, -0.2) is 27.9 Å². The zero-order chi connectivity index (χ0) is 13.8. The Bertz CT molecular complexity index is 592. The quantitative estimate of drug-likeness (QED) is 0.854. The van der Waals surface area contributed by atoms with E-state index >= 15 is 0 Å². The van der Waals surface area contributed by atoms with Gasteiger partial charge in [-0.1, -0.05) is 6.07 Å². The number of imidazole rings is 1. The monoisotopic (exact) mass is 279 g/mol. The SMILES string of the molecule is CCNC(=O)Cn1c(CCCl)nc2ccc(C)cc21. The Morgan fingerprint density at radius 3 is 2.95 bits per heavy atom. The second kappa shape index (κ2) is 6.06. The number of hydrogen-bond acceptors (Lipinski definition) is 2. The van der Waals surface area contributed by atoms with Gasteiger partial charge in [0, 0.05) is 18.8 Å². The lowest BCUT2D eigenvalue weighted by molar-refractivity contribution is -0.121. The first-order valence-corrected chi connectivity index (χ1v) is 6.97. The largest absolute Gasteiger partial charge is 0.355 e. The Hall–Kier alpha value is -1.55. The summed E-state index contributed by atoms with van der Waals surface area (Å²) in [5.74, 6) is 1.36. The van der Waals surface area contributed by atoms with E-state index in [2.05, 4.69) is 16.4 Å². The number of carbonyl (C=O) groups excluding carboxylic acids is 1. The lowest BCUT2D eigenvalue weighted by atomic mass is 10.2. The standard InChI is InChI=1S/C14H18ClN3O/c1-3-16-14(19)9-18-12-8-10(2)4-5-11(12)17-13(18)6-7-15/h4-5,8H,3,6-7,9H2,1-2H3,(H,16,19). The van der Waals surface area contributed by atoms with Crippen LogP contribution < -0.4 is 5.32 Å². The summed E-state index contributed by atoms with van der Waals surface area (Å²) in [5.41, 5.74) is 3.06. The molecule has 102 valence electrons. The number of fused-ring (bicyclic) bond motifs is 1.